The minimum absolute atomic E-state index is 0.0193. The van der Waals surface area contributed by atoms with Crippen molar-refractivity contribution in [3.8, 4) is 0 Å². The average molecular weight is 293 g/mol. The maximum absolute atomic E-state index is 10.7. The van der Waals surface area contributed by atoms with Gasteiger partial charge in [-0.05, 0) is 18.9 Å². The highest BCUT2D eigenvalue weighted by Gasteiger charge is 2.25. The van der Waals surface area contributed by atoms with Gasteiger partial charge >= 0.3 is 0 Å². The number of nitro groups is 1. The second-order valence-corrected chi connectivity index (χ2v) is 5.15. The van der Waals surface area contributed by atoms with E-state index in [4.69, 9.17) is 4.42 Å². The minimum atomic E-state index is -0.466. The first-order chi connectivity index (χ1) is 10.0. The standard InChI is InChI=1S/C14H19N3O4/c1-3-14(4-2,9-18)8-15-13-16-11-7-10(17(19)20)5-6-12(11)21-13/h5-7,18H,3-4,8-9H2,1-2H3,(H,15,16). The number of aromatic nitrogens is 1. The third kappa shape index (κ3) is 3.13. The Hall–Kier alpha value is -2.15. The Kier molecular flexibility index (Phi) is 4.42. The molecule has 0 unspecified atom stereocenters. The predicted molar refractivity (Wildman–Crippen MR) is 79.3 cm³/mol. The molecule has 0 saturated heterocycles. The van der Waals surface area contributed by atoms with Crippen molar-refractivity contribution in [1.29, 1.82) is 0 Å². The summed E-state index contributed by atoms with van der Waals surface area (Å²) in [6, 6.07) is 4.60. The molecule has 0 amide bonds. The Morgan fingerprint density at radius 2 is 2.14 bits per heavy atom. The van der Waals surface area contributed by atoms with Crippen LogP contribution in [0.5, 0.6) is 0 Å². The van der Waals surface area contributed by atoms with Crippen molar-refractivity contribution >= 4 is 22.8 Å². The van der Waals surface area contributed by atoms with Gasteiger partial charge < -0.3 is 14.8 Å². The quantitative estimate of drug-likeness (QED) is 0.601. The molecule has 0 aliphatic heterocycles. The summed E-state index contributed by atoms with van der Waals surface area (Å²) in [5.74, 6) is 0. The van der Waals surface area contributed by atoms with Crippen LogP contribution in [0.2, 0.25) is 0 Å². The Morgan fingerprint density at radius 1 is 1.43 bits per heavy atom. The molecule has 2 N–H and O–H groups in total. The van der Waals surface area contributed by atoms with Crippen molar-refractivity contribution in [2.24, 2.45) is 5.41 Å². The lowest BCUT2D eigenvalue weighted by molar-refractivity contribution is -0.384. The average Bonchev–Trinajstić information content (AvgIpc) is 2.91. The highest BCUT2D eigenvalue weighted by Crippen LogP contribution is 2.28. The summed E-state index contributed by atoms with van der Waals surface area (Å²) in [5.41, 5.74) is 0.696. The zero-order valence-corrected chi connectivity index (χ0v) is 12.1. The molecule has 7 nitrogen and oxygen atoms in total. The molecule has 2 aromatic rings. The smallest absolute Gasteiger partial charge is 0.295 e. The molecule has 114 valence electrons. The van der Waals surface area contributed by atoms with E-state index >= 15 is 0 Å². The van der Waals surface area contributed by atoms with E-state index in [0.29, 0.717) is 23.7 Å². The first-order valence-corrected chi connectivity index (χ1v) is 6.93. The van der Waals surface area contributed by atoms with Gasteiger partial charge in [-0.1, -0.05) is 13.8 Å². The summed E-state index contributed by atoms with van der Waals surface area (Å²) in [6.45, 7) is 4.66. The summed E-state index contributed by atoms with van der Waals surface area (Å²) in [7, 11) is 0. The second kappa shape index (κ2) is 6.09. The first kappa shape index (κ1) is 15.2. The number of aliphatic hydroxyl groups is 1. The van der Waals surface area contributed by atoms with Crippen LogP contribution >= 0.6 is 0 Å². The van der Waals surface area contributed by atoms with Gasteiger partial charge in [0.15, 0.2) is 5.58 Å². The van der Waals surface area contributed by atoms with Gasteiger partial charge in [-0.2, -0.15) is 4.98 Å². The van der Waals surface area contributed by atoms with Crippen LogP contribution in [0.25, 0.3) is 11.1 Å². The predicted octanol–water partition coefficient (Wildman–Crippen LogP) is 2.95. The van der Waals surface area contributed by atoms with Crippen molar-refractivity contribution in [2.45, 2.75) is 26.7 Å². The minimum Gasteiger partial charge on any atom is -0.424 e. The van der Waals surface area contributed by atoms with Crippen LogP contribution in [0.4, 0.5) is 11.7 Å². The Balaban J connectivity index is 2.18. The molecule has 21 heavy (non-hydrogen) atoms. The molecule has 1 heterocycles. The summed E-state index contributed by atoms with van der Waals surface area (Å²) < 4.78 is 5.51. The Labute approximate surface area is 122 Å². The van der Waals surface area contributed by atoms with Crippen molar-refractivity contribution in [1.82, 2.24) is 4.98 Å². The lowest BCUT2D eigenvalue weighted by Crippen LogP contribution is -2.32. The number of hydrogen-bond donors (Lipinski definition) is 2. The SMILES string of the molecule is CCC(CC)(CO)CNc1nc2cc([N+](=O)[O-])ccc2o1. The molecular weight excluding hydrogens is 274 g/mol. The third-order valence-corrected chi connectivity index (χ3v) is 4.03. The van der Waals surface area contributed by atoms with Gasteiger partial charge in [-0.25, -0.2) is 0 Å². The molecule has 0 bridgehead atoms. The van der Waals surface area contributed by atoms with Crippen LogP contribution in [0.1, 0.15) is 26.7 Å². The number of rotatable bonds is 7. The molecule has 7 heteroatoms. The van der Waals surface area contributed by atoms with Crippen molar-refractivity contribution < 1.29 is 14.4 Å². The van der Waals surface area contributed by atoms with Crippen LogP contribution in [0.15, 0.2) is 22.6 Å². The zero-order valence-electron chi connectivity index (χ0n) is 12.1. The number of nitrogens with zero attached hydrogens (tertiary/aromatic N) is 2. The fourth-order valence-electron chi connectivity index (χ4n) is 2.15. The lowest BCUT2D eigenvalue weighted by atomic mass is 9.83. The number of fused-ring (bicyclic) bond motifs is 1. The maximum atomic E-state index is 10.7. The van der Waals surface area contributed by atoms with E-state index in [1.807, 2.05) is 13.8 Å². The molecule has 0 aliphatic rings. The number of nitro benzene ring substituents is 1. The second-order valence-electron chi connectivity index (χ2n) is 5.15. The van der Waals surface area contributed by atoms with Gasteiger partial charge in [-0.15, -0.1) is 0 Å². The van der Waals surface area contributed by atoms with Gasteiger partial charge in [-0.3, -0.25) is 10.1 Å². The van der Waals surface area contributed by atoms with Crippen molar-refractivity contribution in [3.63, 3.8) is 0 Å². The number of aliphatic hydroxyl groups excluding tert-OH is 1. The van der Waals surface area contributed by atoms with E-state index in [9.17, 15) is 15.2 Å². The topological polar surface area (TPSA) is 101 Å². The molecule has 0 aliphatic carbocycles. The largest absolute Gasteiger partial charge is 0.424 e. The Bertz CT molecular complexity index is 626. The van der Waals surface area contributed by atoms with Gasteiger partial charge in [0.1, 0.15) is 5.52 Å². The van der Waals surface area contributed by atoms with Gasteiger partial charge in [0.05, 0.1) is 11.5 Å². The number of oxazole rings is 1. The summed E-state index contributed by atoms with van der Waals surface area (Å²) in [5, 5.41) is 23.3. The van der Waals surface area contributed by atoms with Gasteiger partial charge in [0.2, 0.25) is 0 Å². The monoisotopic (exact) mass is 293 g/mol. The number of nitrogens with one attached hydrogen (secondary N) is 1. The van der Waals surface area contributed by atoms with Crippen LogP contribution in [0, 0.1) is 15.5 Å². The van der Waals surface area contributed by atoms with Crippen LogP contribution < -0.4 is 5.32 Å². The van der Waals surface area contributed by atoms with Crippen LogP contribution in [0.3, 0.4) is 0 Å². The summed E-state index contributed by atoms with van der Waals surface area (Å²) in [4.78, 5) is 14.5. The number of non-ortho nitro benzene ring substituents is 1. The normalized spacial score (nSPS) is 11.8. The van der Waals surface area contributed by atoms with Crippen molar-refractivity contribution in [2.75, 3.05) is 18.5 Å². The highest BCUT2D eigenvalue weighted by atomic mass is 16.6. The van der Waals surface area contributed by atoms with Gasteiger partial charge in [0, 0.05) is 24.1 Å². The molecule has 0 radical (unpaired) electrons. The fraction of sp³-hybridized carbons (Fsp3) is 0.500. The molecule has 0 spiro atoms. The van der Waals surface area contributed by atoms with Gasteiger partial charge in [0.25, 0.3) is 11.7 Å². The molecule has 1 aromatic carbocycles. The highest BCUT2D eigenvalue weighted by molar-refractivity contribution is 5.77. The van der Waals surface area contributed by atoms with E-state index in [0.717, 1.165) is 12.8 Å². The number of benzene rings is 1. The first-order valence-electron chi connectivity index (χ1n) is 6.93. The molecule has 0 fully saturated rings. The van der Waals surface area contributed by atoms with Crippen molar-refractivity contribution in [3.05, 3.63) is 28.3 Å². The van der Waals surface area contributed by atoms with Crippen LogP contribution in [-0.2, 0) is 0 Å². The summed E-state index contributed by atoms with van der Waals surface area (Å²) >= 11 is 0. The lowest BCUT2D eigenvalue weighted by Gasteiger charge is -2.29. The van der Waals surface area contributed by atoms with E-state index < -0.39 is 4.92 Å². The molecule has 0 atom stereocenters. The molecule has 2 rings (SSSR count). The summed E-state index contributed by atoms with van der Waals surface area (Å²) in [6.07, 6.45) is 1.66. The molecule has 1 aromatic heterocycles. The number of anilines is 1. The number of hydrogen-bond acceptors (Lipinski definition) is 6. The third-order valence-electron chi connectivity index (χ3n) is 4.03. The molecule has 0 saturated carbocycles. The fourth-order valence-corrected chi connectivity index (χ4v) is 2.15. The van der Waals surface area contributed by atoms with Crippen LogP contribution in [-0.4, -0.2) is 28.2 Å². The zero-order chi connectivity index (χ0) is 15.5. The van der Waals surface area contributed by atoms with E-state index in [-0.39, 0.29) is 17.7 Å². The Morgan fingerprint density at radius 3 is 2.71 bits per heavy atom. The van der Waals surface area contributed by atoms with E-state index in [2.05, 4.69) is 10.3 Å². The van der Waals surface area contributed by atoms with E-state index in [1.165, 1.54) is 18.2 Å². The van der Waals surface area contributed by atoms with E-state index in [1.54, 1.807) is 0 Å². The molecular formula is C14H19N3O4. The maximum Gasteiger partial charge on any atom is 0.295 e.